The molecule has 6 nitrogen and oxygen atoms in total. The highest BCUT2D eigenvalue weighted by Crippen LogP contribution is 2.28. The number of aromatic nitrogens is 4. The van der Waals surface area contributed by atoms with Gasteiger partial charge in [-0.2, -0.15) is 0 Å². The Kier molecular flexibility index (Phi) is 6.24. The number of nitrogens with zero attached hydrogens (tertiary/aromatic N) is 5. The Morgan fingerprint density at radius 2 is 1.79 bits per heavy atom. The number of likely N-dealkylation sites (tertiary alicyclic amines) is 1. The minimum Gasteiger partial charge on any atom is -0.342 e. The summed E-state index contributed by atoms with van der Waals surface area (Å²) < 4.78 is 2.03. The zero-order chi connectivity index (χ0) is 20.1. The topological polar surface area (TPSA) is 63.9 Å². The molecule has 1 aromatic carbocycles. The second-order valence-corrected chi connectivity index (χ2v) is 8.24. The van der Waals surface area contributed by atoms with Crippen LogP contribution in [0.1, 0.15) is 31.2 Å². The molecular formula is C22H25N5OS. The summed E-state index contributed by atoms with van der Waals surface area (Å²) in [7, 11) is 0. The number of thioether (sulfide) groups is 1. The van der Waals surface area contributed by atoms with Crippen LogP contribution in [0.15, 0.2) is 53.9 Å². The lowest BCUT2D eigenvalue weighted by molar-refractivity contribution is -0.128. The number of amides is 1. The molecule has 1 amide bonds. The second-order valence-electron chi connectivity index (χ2n) is 7.30. The highest BCUT2D eigenvalue weighted by atomic mass is 32.2. The second kappa shape index (κ2) is 9.22. The lowest BCUT2D eigenvalue weighted by Crippen LogP contribution is -2.33. The van der Waals surface area contributed by atoms with Crippen LogP contribution in [-0.4, -0.2) is 49.4 Å². The fourth-order valence-corrected chi connectivity index (χ4v) is 4.44. The molecule has 3 heterocycles. The lowest BCUT2D eigenvalue weighted by Gasteiger charge is -2.20. The van der Waals surface area contributed by atoms with Crippen molar-refractivity contribution in [2.45, 2.75) is 37.8 Å². The maximum absolute atomic E-state index is 12.7. The van der Waals surface area contributed by atoms with Crippen LogP contribution < -0.4 is 0 Å². The Hall–Kier alpha value is -2.67. The Labute approximate surface area is 175 Å². The molecular weight excluding hydrogens is 382 g/mol. The SMILES string of the molecule is Cc1cccc(-n2c(SCC(=O)N3CCCCCC3)nnc2-c2ccncc2)c1. The molecule has 4 rings (SSSR count). The molecule has 0 unspecified atom stereocenters. The van der Waals surface area contributed by atoms with E-state index in [0.717, 1.165) is 53.7 Å². The van der Waals surface area contributed by atoms with Crippen LogP contribution in [0.5, 0.6) is 0 Å². The summed E-state index contributed by atoms with van der Waals surface area (Å²) >= 11 is 1.45. The van der Waals surface area contributed by atoms with E-state index in [0.29, 0.717) is 5.75 Å². The number of hydrogen-bond acceptors (Lipinski definition) is 5. The first-order valence-electron chi connectivity index (χ1n) is 10.1. The summed E-state index contributed by atoms with van der Waals surface area (Å²) in [4.78, 5) is 18.8. The molecule has 1 fully saturated rings. The summed E-state index contributed by atoms with van der Waals surface area (Å²) in [5.41, 5.74) is 3.10. The van der Waals surface area contributed by atoms with E-state index in [9.17, 15) is 4.79 Å². The first kappa shape index (κ1) is 19.6. The smallest absolute Gasteiger partial charge is 0.233 e. The number of carbonyl (C=O) groups excluding carboxylic acids is 1. The zero-order valence-electron chi connectivity index (χ0n) is 16.6. The molecule has 0 bridgehead atoms. The van der Waals surface area contributed by atoms with Crippen molar-refractivity contribution in [1.29, 1.82) is 0 Å². The summed E-state index contributed by atoms with van der Waals surface area (Å²) in [6, 6.07) is 12.1. The number of aryl methyl sites for hydroxylation is 1. The van der Waals surface area contributed by atoms with Gasteiger partial charge in [0, 0.05) is 36.7 Å². The van der Waals surface area contributed by atoms with Crippen LogP contribution in [0.25, 0.3) is 17.1 Å². The van der Waals surface area contributed by atoms with Crippen LogP contribution in [0, 0.1) is 6.92 Å². The van der Waals surface area contributed by atoms with Crippen molar-refractivity contribution in [1.82, 2.24) is 24.6 Å². The molecule has 150 valence electrons. The molecule has 0 N–H and O–H groups in total. The molecule has 0 aliphatic carbocycles. The van der Waals surface area contributed by atoms with Gasteiger partial charge >= 0.3 is 0 Å². The van der Waals surface area contributed by atoms with Crippen LogP contribution in [0.4, 0.5) is 0 Å². The Balaban J connectivity index is 1.61. The van der Waals surface area contributed by atoms with Gasteiger partial charge in [0.25, 0.3) is 0 Å². The van der Waals surface area contributed by atoms with Gasteiger partial charge < -0.3 is 4.90 Å². The average molecular weight is 408 g/mol. The Bertz CT molecular complexity index is 964. The summed E-state index contributed by atoms with van der Waals surface area (Å²) in [5, 5.41) is 9.58. The Morgan fingerprint density at radius 1 is 1.03 bits per heavy atom. The fraction of sp³-hybridized carbons (Fsp3) is 0.364. The maximum Gasteiger partial charge on any atom is 0.233 e. The van der Waals surface area contributed by atoms with E-state index in [-0.39, 0.29) is 5.91 Å². The van der Waals surface area contributed by atoms with Crippen molar-refractivity contribution in [3.8, 4) is 17.1 Å². The average Bonchev–Trinajstić information content (AvgIpc) is 2.97. The lowest BCUT2D eigenvalue weighted by atomic mass is 10.2. The molecule has 0 atom stereocenters. The third-order valence-electron chi connectivity index (χ3n) is 5.12. The molecule has 0 spiro atoms. The van der Waals surface area contributed by atoms with Crippen LogP contribution in [-0.2, 0) is 4.79 Å². The minimum absolute atomic E-state index is 0.182. The highest BCUT2D eigenvalue weighted by molar-refractivity contribution is 7.99. The third-order valence-corrected chi connectivity index (χ3v) is 6.03. The summed E-state index contributed by atoms with van der Waals surface area (Å²) in [5.74, 6) is 1.31. The van der Waals surface area contributed by atoms with Gasteiger partial charge in [0.05, 0.1) is 5.75 Å². The van der Waals surface area contributed by atoms with E-state index in [1.807, 2.05) is 33.7 Å². The number of hydrogen-bond donors (Lipinski definition) is 0. The van der Waals surface area contributed by atoms with E-state index in [1.54, 1.807) is 12.4 Å². The van der Waals surface area contributed by atoms with Gasteiger partial charge in [0.15, 0.2) is 11.0 Å². The monoisotopic (exact) mass is 407 g/mol. The molecule has 1 aliphatic rings. The van der Waals surface area contributed by atoms with Crippen molar-refractivity contribution >= 4 is 17.7 Å². The normalized spacial score (nSPS) is 14.6. The predicted octanol–water partition coefficient (Wildman–Crippen LogP) is 4.13. The van der Waals surface area contributed by atoms with E-state index >= 15 is 0 Å². The number of carbonyl (C=O) groups is 1. The fourth-order valence-electron chi connectivity index (χ4n) is 3.59. The predicted molar refractivity (Wildman–Crippen MR) is 115 cm³/mol. The van der Waals surface area contributed by atoms with Gasteiger partial charge in [0.1, 0.15) is 0 Å². The third kappa shape index (κ3) is 4.67. The van der Waals surface area contributed by atoms with Gasteiger partial charge in [0.2, 0.25) is 5.91 Å². The molecule has 0 radical (unpaired) electrons. The van der Waals surface area contributed by atoms with E-state index in [1.165, 1.54) is 24.6 Å². The number of benzene rings is 1. The molecule has 0 saturated carbocycles. The molecule has 29 heavy (non-hydrogen) atoms. The van der Waals surface area contributed by atoms with Crippen LogP contribution in [0.2, 0.25) is 0 Å². The minimum atomic E-state index is 0.182. The van der Waals surface area contributed by atoms with Crippen molar-refractivity contribution in [2.75, 3.05) is 18.8 Å². The van der Waals surface area contributed by atoms with Crippen LogP contribution in [0.3, 0.4) is 0 Å². The molecule has 2 aromatic heterocycles. The van der Waals surface area contributed by atoms with E-state index in [4.69, 9.17) is 0 Å². The number of rotatable bonds is 5. The van der Waals surface area contributed by atoms with Crippen molar-refractivity contribution in [3.63, 3.8) is 0 Å². The molecule has 7 heteroatoms. The van der Waals surface area contributed by atoms with Gasteiger partial charge in [-0.1, -0.05) is 36.7 Å². The first-order chi connectivity index (χ1) is 14.2. The Morgan fingerprint density at radius 3 is 2.52 bits per heavy atom. The van der Waals surface area contributed by atoms with E-state index in [2.05, 4.69) is 34.2 Å². The van der Waals surface area contributed by atoms with Crippen molar-refractivity contribution < 1.29 is 4.79 Å². The summed E-state index contributed by atoms with van der Waals surface area (Å²) in [6.07, 6.45) is 8.13. The zero-order valence-corrected chi connectivity index (χ0v) is 17.4. The quantitative estimate of drug-likeness (QED) is 0.595. The van der Waals surface area contributed by atoms with Gasteiger partial charge in [-0.15, -0.1) is 10.2 Å². The first-order valence-corrected chi connectivity index (χ1v) is 11.0. The summed E-state index contributed by atoms with van der Waals surface area (Å²) in [6.45, 7) is 3.80. The molecule has 1 aliphatic heterocycles. The van der Waals surface area contributed by atoms with Gasteiger partial charge in [-0.05, 0) is 49.6 Å². The maximum atomic E-state index is 12.7. The standard InChI is InChI=1S/C22H25N5OS/c1-17-7-6-8-19(15-17)27-21(18-9-11-23-12-10-18)24-25-22(27)29-16-20(28)26-13-4-2-3-5-14-26/h6-12,15H,2-5,13-14,16H2,1H3. The highest BCUT2D eigenvalue weighted by Gasteiger charge is 2.20. The number of pyridine rings is 1. The van der Waals surface area contributed by atoms with Gasteiger partial charge in [-0.25, -0.2) is 0 Å². The van der Waals surface area contributed by atoms with Crippen molar-refractivity contribution in [2.24, 2.45) is 0 Å². The molecule has 3 aromatic rings. The van der Waals surface area contributed by atoms with Crippen molar-refractivity contribution in [3.05, 3.63) is 54.4 Å². The van der Waals surface area contributed by atoms with Gasteiger partial charge in [-0.3, -0.25) is 14.3 Å². The largest absolute Gasteiger partial charge is 0.342 e. The van der Waals surface area contributed by atoms with E-state index < -0.39 is 0 Å². The van der Waals surface area contributed by atoms with Crippen LogP contribution >= 0.6 is 11.8 Å². The molecule has 1 saturated heterocycles.